The Morgan fingerprint density at radius 2 is 1.91 bits per heavy atom. The number of pyridine rings is 2. The fourth-order valence-electron chi connectivity index (χ4n) is 5.51. The molecule has 2 unspecified atom stereocenters. The minimum Gasteiger partial charge on any atom is -0.348 e. The van der Waals surface area contributed by atoms with Gasteiger partial charge in [0.2, 0.25) is 0 Å². The van der Waals surface area contributed by atoms with Gasteiger partial charge in [-0.3, -0.25) is 4.98 Å². The summed E-state index contributed by atoms with van der Waals surface area (Å²) in [6, 6.07) is 5.44. The van der Waals surface area contributed by atoms with Crippen molar-refractivity contribution in [3.8, 4) is 11.3 Å². The SMILES string of the molecule is Cc1cn2cc(-c3cc4sc(N(C)C5CC6CCCC(C5)N6C)nc4cn3)cc(F)c2n1. The van der Waals surface area contributed by atoms with Gasteiger partial charge in [-0.15, -0.1) is 0 Å². The van der Waals surface area contributed by atoms with Crippen LogP contribution in [-0.2, 0) is 0 Å². The molecule has 4 aromatic heterocycles. The van der Waals surface area contributed by atoms with Crippen molar-refractivity contribution in [1.29, 1.82) is 0 Å². The van der Waals surface area contributed by atoms with Gasteiger partial charge in [0.05, 0.1) is 22.3 Å². The zero-order valence-corrected chi connectivity index (χ0v) is 19.4. The number of anilines is 1. The van der Waals surface area contributed by atoms with Crippen LogP contribution in [0.15, 0.2) is 30.7 Å². The number of aromatic nitrogens is 4. The number of fused-ring (bicyclic) bond motifs is 4. The van der Waals surface area contributed by atoms with Crippen molar-refractivity contribution in [3.05, 3.63) is 42.2 Å². The van der Waals surface area contributed by atoms with Crippen LogP contribution in [0, 0.1) is 12.7 Å². The van der Waals surface area contributed by atoms with Crippen LogP contribution in [0.1, 0.15) is 37.8 Å². The molecule has 6 rings (SSSR count). The normalized spacial score (nSPS) is 23.8. The largest absolute Gasteiger partial charge is 0.348 e. The van der Waals surface area contributed by atoms with Gasteiger partial charge in [-0.2, -0.15) is 0 Å². The molecule has 0 N–H and O–H groups in total. The number of halogens is 1. The van der Waals surface area contributed by atoms with E-state index >= 15 is 0 Å². The molecule has 2 bridgehead atoms. The molecule has 4 aromatic rings. The first kappa shape index (κ1) is 20.1. The van der Waals surface area contributed by atoms with E-state index in [1.165, 1.54) is 38.2 Å². The minimum absolute atomic E-state index is 0.338. The topological polar surface area (TPSA) is 49.6 Å². The number of piperidine rings is 2. The summed E-state index contributed by atoms with van der Waals surface area (Å²) in [5, 5.41) is 1.04. The fraction of sp³-hybridized carbons (Fsp3) is 0.458. The molecule has 0 amide bonds. The second kappa shape index (κ2) is 7.49. The van der Waals surface area contributed by atoms with Crippen molar-refractivity contribution in [2.45, 2.75) is 57.2 Å². The maximum Gasteiger partial charge on any atom is 0.186 e. The van der Waals surface area contributed by atoms with E-state index in [2.05, 4.69) is 33.9 Å². The number of rotatable bonds is 3. The predicted octanol–water partition coefficient (Wildman–Crippen LogP) is 4.91. The second-order valence-electron chi connectivity index (χ2n) is 9.36. The van der Waals surface area contributed by atoms with Gasteiger partial charge in [0.25, 0.3) is 0 Å². The molecular weight excluding hydrogens is 423 g/mol. The molecule has 2 fully saturated rings. The Labute approximate surface area is 190 Å². The number of aryl methyl sites for hydroxylation is 1. The van der Waals surface area contributed by atoms with Gasteiger partial charge in [-0.25, -0.2) is 14.4 Å². The van der Waals surface area contributed by atoms with Gasteiger partial charge in [-0.05, 0) is 51.8 Å². The quantitative estimate of drug-likeness (QED) is 0.444. The Balaban J connectivity index is 1.31. The minimum atomic E-state index is -0.338. The highest BCUT2D eigenvalue weighted by Crippen LogP contribution is 2.38. The monoisotopic (exact) mass is 450 g/mol. The standard InChI is InChI=1S/C24H27FN6S/c1-14-12-31-13-15(7-19(25)23(31)27-14)20-10-22-21(11-26-20)28-24(32-22)30(3)18-8-16-5-4-6-17(9-18)29(16)2/h7,10-13,16-18H,4-6,8-9H2,1-3H3. The smallest absolute Gasteiger partial charge is 0.186 e. The first-order valence-electron chi connectivity index (χ1n) is 11.3. The highest BCUT2D eigenvalue weighted by atomic mass is 32.1. The average Bonchev–Trinajstić information content (AvgIpc) is 3.35. The molecule has 2 atom stereocenters. The van der Waals surface area contributed by atoms with Crippen LogP contribution in [-0.4, -0.2) is 56.5 Å². The van der Waals surface area contributed by atoms with E-state index in [0.717, 1.165) is 32.3 Å². The van der Waals surface area contributed by atoms with E-state index in [0.29, 0.717) is 23.8 Å². The Morgan fingerprint density at radius 3 is 2.69 bits per heavy atom. The van der Waals surface area contributed by atoms with Crippen LogP contribution in [0.25, 0.3) is 27.1 Å². The zero-order chi connectivity index (χ0) is 22.0. The van der Waals surface area contributed by atoms with Gasteiger partial charge in [0, 0.05) is 43.1 Å². The molecule has 8 heteroatoms. The highest BCUT2D eigenvalue weighted by Gasteiger charge is 2.38. The summed E-state index contributed by atoms with van der Waals surface area (Å²) < 4.78 is 17.4. The second-order valence-corrected chi connectivity index (χ2v) is 10.4. The van der Waals surface area contributed by atoms with Crippen molar-refractivity contribution in [2.24, 2.45) is 0 Å². The first-order valence-corrected chi connectivity index (χ1v) is 12.1. The number of thiazole rings is 1. The maximum absolute atomic E-state index is 14.6. The third-order valence-corrected chi connectivity index (χ3v) is 8.46. The molecule has 2 saturated heterocycles. The van der Waals surface area contributed by atoms with Gasteiger partial charge >= 0.3 is 0 Å². The lowest BCUT2D eigenvalue weighted by Gasteiger charge is -2.49. The summed E-state index contributed by atoms with van der Waals surface area (Å²) in [5.41, 5.74) is 3.51. The Kier molecular flexibility index (Phi) is 4.69. The molecular formula is C24H27FN6S. The van der Waals surface area contributed by atoms with Crippen molar-refractivity contribution in [1.82, 2.24) is 24.3 Å². The number of hydrogen-bond acceptors (Lipinski definition) is 6. The van der Waals surface area contributed by atoms with E-state index in [1.54, 1.807) is 15.7 Å². The lowest BCUT2D eigenvalue weighted by atomic mass is 9.82. The molecule has 0 saturated carbocycles. The Hall–Kier alpha value is -2.58. The lowest BCUT2D eigenvalue weighted by molar-refractivity contribution is 0.0559. The van der Waals surface area contributed by atoms with Gasteiger partial charge in [-0.1, -0.05) is 17.8 Å². The Morgan fingerprint density at radius 1 is 1.12 bits per heavy atom. The van der Waals surface area contributed by atoms with E-state index in [-0.39, 0.29) is 5.82 Å². The fourth-order valence-corrected chi connectivity index (χ4v) is 6.51. The van der Waals surface area contributed by atoms with Gasteiger partial charge in [0.1, 0.15) is 5.52 Å². The molecule has 32 heavy (non-hydrogen) atoms. The zero-order valence-electron chi connectivity index (χ0n) is 18.6. The average molecular weight is 451 g/mol. The van der Waals surface area contributed by atoms with E-state index in [1.807, 2.05) is 31.6 Å². The lowest BCUT2D eigenvalue weighted by Crippen LogP contribution is -2.54. The summed E-state index contributed by atoms with van der Waals surface area (Å²) in [6.45, 7) is 1.86. The number of nitrogens with zero attached hydrogens (tertiary/aromatic N) is 6. The molecule has 2 aliphatic rings. The summed E-state index contributed by atoms with van der Waals surface area (Å²) >= 11 is 1.70. The molecule has 0 aromatic carbocycles. The molecule has 6 nitrogen and oxygen atoms in total. The van der Waals surface area contributed by atoms with Gasteiger partial charge < -0.3 is 14.2 Å². The van der Waals surface area contributed by atoms with Crippen LogP contribution >= 0.6 is 11.3 Å². The highest BCUT2D eigenvalue weighted by molar-refractivity contribution is 7.22. The maximum atomic E-state index is 14.6. The molecule has 6 heterocycles. The van der Waals surface area contributed by atoms with Crippen LogP contribution in [0.5, 0.6) is 0 Å². The van der Waals surface area contributed by atoms with Crippen molar-refractivity contribution >= 4 is 32.3 Å². The molecule has 2 aliphatic heterocycles. The summed E-state index contributed by atoms with van der Waals surface area (Å²) in [7, 11) is 4.48. The van der Waals surface area contributed by atoms with Crippen LogP contribution in [0.4, 0.5) is 9.52 Å². The summed E-state index contributed by atoms with van der Waals surface area (Å²) in [5.74, 6) is -0.338. The molecule has 0 radical (unpaired) electrons. The van der Waals surface area contributed by atoms with Crippen molar-refractivity contribution in [2.75, 3.05) is 19.0 Å². The summed E-state index contributed by atoms with van der Waals surface area (Å²) in [6.07, 6.45) is 11.9. The third-order valence-electron chi connectivity index (χ3n) is 7.35. The van der Waals surface area contributed by atoms with Crippen LogP contribution in [0.2, 0.25) is 0 Å². The molecule has 166 valence electrons. The van der Waals surface area contributed by atoms with E-state index in [9.17, 15) is 4.39 Å². The molecule has 0 spiro atoms. The Bertz CT molecular complexity index is 1300. The predicted molar refractivity (Wildman–Crippen MR) is 127 cm³/mol. The van der Waals surface area contributed by atoms with E-state index < -0.39 is 0 Å². The summed E-state index contributed by atoms with van der Waals surface area (Å²) in [4.78, 5) is 18.7. The number of hydrogen-bond donors (Lipinski definition) is 0. The molecule has 0 aliphatic carbocycles. The first-order chi connectivity index (χ1) is 15.5. The van der Waals surface area contributed by atoms with E-state index in [4.69, 9.17) is 4.98 Å². The van der Waals surface area contributed by atoms with Gasteiger partial charge in [0.15, 0.2) is 16.6 Å². The van der Waals surface area contributed by atoms with Crippen molar-refractivity contribution in [3.63, 3.8) is 0 Å². The van der Waals surface area contributed by atoms with Crippen molar-refractivity contribution < 1.29 is 4.39 Å². The third kappa shape index (κ3) is 3.28. The van der Waals surface area contributed by atoms with Crippen LogP contribution in [0.3, 0.4) is 0 Å². The van der Waals surface area contributed by atoms with Crippen LogP contribution < -0.4 is 4.90 Å². The number of imidazole rings is 1.